The van der Waals surface area contributed by atoms with Crippen molar-refractivity contribution < 1.29 is 0 Å². The van der Waals surface area contributed by atoms with E-state index in [1.165, 1.54) is 4.83 Å². The minimum absolute atomic E-state index is 0.458. The molecule has 3 aromatic heterocycles. The molecule has 0 saturated heterocycles. The molecule has 3 heterocycles. The first-order valence-electron chi connectivity index (χ1n) is 4.29. The van der Waals surface area contributed by atoms with Crippen molar-refractivity contribution in [2.75, 3.05) is 0 Å². The number of rotatable bonds is 1. The molecule has 70 valence electrons. The molecule has 0 aliphatic carbocycles. The van der Waals surface area contributed by atoms with Crippen molar-refractivity contribution >= 4 is 38.8 Å². The van der Waals surface area contributed by atoms with Gasteiger partial charge in [0.05, 0.1) is 22.6 Å². The molecule has 0 atom stereocenters. The smallest absolute Gasteiger partial charge is 0.126 e. The van der Waals surface area contributed by atoms with Crippen LogP contribution in [0.3, 0.4) is 0 Å². The highest BCUT2D eigenvalue weighted by molar-refractivity contribution is 7.16. The maximum Gasteiger partial charge on any atom is 0.126 e. The van der Waals surface area contributed by atoms with Gasteiger partial charge in [-0.05, 0) is 23.6 Å². The fourth-order valence-corrected chi connectivity index (χ4v) is 2.68. The first kappa shape index (κ1) is 8.26. The van der Waals surface area contributed by atoms with Gasteiger partial charge in [0, 0.05) is 6.20 Å². The van der Waals surface area contributed by atoms with Crippen LogP contribution < -0.4 is 0 Å². The maximum atomic E-state index is 5.86. The van der Waals surface area contributed by atoms with Crippen LogP contribution in [-0.4, -0.2) is 9.38 Å². The molecular weight excluding hydrogens is 216 g/mol. The van der Waals surface area contributed by atoms with Gasteiger partial charge >= 0.3 is 0 Å². The van der Waals surface area contributed by atoms with Gasteiger partial charge in [0.25, 0.3) is 0 Å². The van der Waals surface area contributed by atoms with Gasteiger partial charge in [-0.1, -0.05) is 0 Å². The lowest BCUT2D eigenvalue weighted by molar-refractivity contribution is 1.16. The molecule has 0 aliphatic rings. The largest absolute Gasteiger partial charge is 0.305 e. The van der Waals surface area contributed by atoms with E-state index in [4.69, 9.17) is 11.6 Å². The van der Waals surface area contributed by atoms with Crippen LogP contribution in [0.1, 0.15) is 5.69 Å². The SMILES string of the molecule is ClCc1nc2ccsc2n2cccc12. The second kappa shape index (κ2) is 2.97. The zero-order valence-electron chi connectivity index (χ0n) is 7.27. The standard InChI is InChI=1S/C10H7ClN2S/c11-6-8-9-2-1-4-13(9)10-7(12-8)3-5-14-10/h1-5H,6H2. The molecule has 0 spiro atoms. The monoisotopic (exact) mass is 222 g/mol. The van der Waals surface area contributed by atoms with E-state index in [1.807, 2.05) is 24.4 Å². The summed E-state index contributed by atoms with van der Waals surface area (Å²) in [5.41, 5.74) is 3.08. The van der Waals surface area contributed by atoms with Crippen LogP contribution >= 0.6 is 22.9 Å². The Labute approximate surface area is 89.8 Å². The summed E-state index contributed by atoms with van der Waals surface area (Å²) in [6, 6.07) is 6.09. The quantitative estimate of drug-likeness (QED) is 0.578. The lowest BCUT2D eigenvalue weighted by atomic mass is 10.3. The van der Waals surface area contributed by atoms with Crippen molar-refractivity contribution in [1.29, 1.82) is 0 Å². The van der Waals surface area contributed by atoms with E-state index >= 15 is 0 Å². The Morgan fingerprint density at radius 2 is 2.36 bits per heavy atom. The normalized spacial score (nSPS) is 11.5. The summed E-state index contributed by atoms with van der Waals surface area (Å²) in [5.74, 6) is 0.458. The molecule has 0 aromatic carbocycles. The van der Waals surface area contributed by atoms with Gasteiger partial charge in [-0.2, -0.15) is 0 Å². The Morgan fingerprint density at radius 3 is 3.21 bits per heavy atom. The van der Waals surface area contributed by atoms with Crippen LogP contribution in [0.25, 0.3) is 15.9 Å². The first-order valence-corrected chi connectivity index (χ1v) is 5.70. The van der Waals surface area contributed by atoms with Crippen molar-refractivity contribution in [3.63, 3.8) is 0 Å². The van der Waals surface area contributed by atoms with Gasteiger partial charge in [0.15, 0.2) is 0 Å². The fourth-order valence-electron chi connectivity index (χ4n) is 1.65. The summed E-state index contributed by atoms with van der Waals surface area (Å²) < 4.78 is 2.14. The third-order valence-electron chi connectivity index (χ3n) is 2.27. The highest BCUT2D eigenvalue weighted by Gasteiger charge is 2.07. The number of thiophene rings is 1. The summed E-state index contributed by atoms with van der Waals surface area (Å²) in [7, 11) is 0. The van der Waals surface area contributed by atoms with Crippen molar-refractivity contribution in [2.24, 2.45) is 0 Å². The van der Waals surface area contributed by atoms with Crippen molar-refractivity contribution in [2.45, 2.75) is 5.88 Å². The molecule has 4 heteroatoms. The molecular formula is C10H7ClN2S. The van der Waals surface area contributed by atoms with E-state index in [-0.39, 0.29) is 0 Å². The lowest BCUT2D eigenvalue weighted by Crippen LogP contribution is -1.92. The summed E-state index contributed by atoms with van der Waals surface area (Å²) in [4.78, 5) is 5.69. The Balaban J connectivity index is 2.59. The van der Waals surface area contributed by atoms with Crippen molar-refractivity contribution in [3.05, 3.63) is 35.5 Å². The van der Waals surface area contributed by atoms with Crippen LogP contribution in [0.5, 0.6) is 0 Å². The van der Waals surface area contributed by atoms with Gasteiger partial charge < -0.3 is 4.40 Å². The van der Waals surface area contributed by atoms with Crippen molar-refractivity contribution in [3.8, 4) is 0 Å². The maximum absolute atomic E-state index is 5.86. The van der Waals surface area contributed by atoms with Gasteiger partial charge in [-0.15, -0.1) is 22.9 Å². The van der Waals surface area contributed by atoms with Crippen LogP contribution in [-0.2, 0) is 5.88 Å². The number of alkyl halides is 1. The Morgan fingerprint density at radius 1 is 1.43 bits per heavy atom. The Kier molecular flexibility index (Phi) is 1.75. The number of halogens is 1. The predicted molar refractivity (Wildman–Crippen MR) is 60.1 cm³/mol. The number of hydrogen-bond acceptors (Lipinski definition) is 2. The highest BCUT2D eigenvalue weighted by atomic mass is 35.5. The van der Waals surface area contributed by atoms with Gasteiger partial charge in [0.2, 0.25) is 0 Å². The molecule has 0 fully saturated rings. The summed E-state index contributed by atoms with van der Waals surface area (Å²) in [5, 5.41) is 2.05. The molecule has 2 nitrogen and oxygen atoms in total. The van der Waals surface area contributed by atoms with E-state index in [9.17, 15) is 0 Å². The number of aromatic nitrogens is 2. The molecule has 0 saturated carbocycles. The minimum Gasteiger partial charge on any atom is -0.305 e. The average molecular weight is 223 g/mol. The summed E-state index contributed by atoms with van der Waals surface area (Å²) in [6.45, 7) is 0. The van der Waals surface area contributed by atoms with Crippen LogP contribution in [0.2, 0.25) is 0 Å². The van der Waals surface area contributed by atoms with Gasteiger partial charge in [-0.25, -0.2) is 4.98 Å². The average Bonchev–Trinajstić information content (AvgIpc) is 2.83. The van der Waals surface area contributed by atoms with E-state index < -0.39 is 0 Å². The molecule has 0 N–H and O–H groups in total. The molecule has 14 heavy (non-hydrogen) atoms. The molecule has 3 aromatic rings. The predicted octanol–water partition coefficient (Wildman–Crippen LogP) is 3.29. The number of hydrogen-bond donors (Lipinski definition) is 0. The van der Waals surface area contributed by atoms with Gasteiger partial charge in [-0.3, -0.25) is 0 Å². The van der Waals surface area contributed by atoms with Crippen LogP contribution in [0.15, 0.2) is 29.8 Å². The third-order valence-corrected chi connectivity index (χ3v) is 3.42. The molecule has 0 unspecified atom stereocenters. The molecule has 0 radical (unpaired) electrons. The molecule has 0 aliphatic heterocycles. The molecule has 0 bridgehead atoms. The second-order valence-electron chi connectivity index (χ2n) is 3.07. The Bertz CT molecular complexity index is 596. The first-order chi connectivity index (χ1) is 6.90. The number of fused-ring (bicyclic) bond motifs is 3. The van der Waals surface area contributed by atoms with E-state index in [0.29, 0.717) is 5.88 Å². The van der Waals surface area contributed by atoms with Crippen LogP contribution in [0, 0.1) is 0 Å². The zero-order chi connectivity index (χ0) is 9.54. The Hall–Kier alpha value is -1.06. The van der Waals surface area contributed by atoms with E-state index in [2.05, 4.69) is 14.8 Å². The summed E-state index contributed by atoms with van der Waals surface area (Å²) >= 11 is 7.56. The second-order valence-corrected chi connectivity index (χ2v) is 4.23. The molecule has 0 amide bonds. The van der Waals surface area contributed by atoms with Crippen molar-refractivity contribution in [1.82, 2.24) is 9.38 Å². The topological polar surface area (TPSA) is 17.3 Å². The summed E-state index contributed by atoms with van der Waals surface area (Å²) in [6.07, 6.45) is 2.05. The minimum atomic E-state index is 0.458. The lowest BCUT2D eigenvalue weighted by Gasteiger charge is -2.01. The third kappa shape index (κ3) is 0.996. The number of nitrogens with zero attached hydrogens (tertiary/aromatic N) is 2. The van der Waals surface area contributed by atoms with E-state index in [0.717, 1.165) is 16.7 Å². The van der Waals surface area contributed by atoms with Crippen LogP contribution in [0.4, 0.5) is 0 Å². The zero-order valence-corrected chi connectivity index (χ0v) is 8.85. The van der Waals surface area contributed by atoms with Gasteiger partial charge in [0.1, 0.15) is 4.83 Å². The highest BCUT2D eigenvalue weighted by Crippen LogP contribution is 2.23. The fraction of sp³-hybridized carbons (Fsp3) is 0.100. The molecule has 3 rings (SSSR count). The van der Waals surface area contributed by atoms with E-state index in [1.54, 1.807) is 11.3 Å².